The summed E-state index contributed by atoms with van der Waals surface area (Å²) in [7, 11) is 71.4. The van der Waals surface area contributed by atoms with E-state index in [0.29, 0.717) is 0 Å². The third kappa shape index (κ3) is 6.96. The maximum Gasteiger partial charge on any atom is -0.0000000127 e. The lowest BCUT2D eigenvalue weighted by atomic mass is 8.36. The first-order valence-electron chi connectivity index (χ1n) is 7.33. The van der Waals surface area contributed by atoms with Gasteiger partial charge in [0.05, 0.1) is 0 Å². The smallest absolute Gasteiger partial charge is 0.0000000127 e. The highest BCUT2D eigenvalue weighted by Crippen LogP contribution is 2.09. The molecule has 0 aliphatic carbocycles. The van der Waals surface area contributed by atoms with Crippen LogP contribution in [0.4, 0.5) is 0 Å². The molecule has 0 amide bonds. The summed E-state index contributed by atoms with van der Waals surface area (Å²) in [6, 6.07) is 0. The van der Waals surface area contributed by atoms with Gasteiger partial charge in [0.15, 0.2) is 0 Å². The molecule has 0 nitrogen and oxygen atoms in total. The normalized spacial score (nSPS) is 9.30. The number of rotatable bonds is 10. The first-order chi connectivity index (χ1) is 10.5. The largest absolute Gasteiger partial charge is 0.690 e. The predicted molar refractivity (Wildman–Crippen MR) is 132 cm³/mol. The lowest BCUT2D eigenvalue weighted by molar-refractivity contribution is 3.30. The van der Waals surface area contributed by atoms with Gasteiger partial charge in [-0.25, -0.2) is 6.39 Å². The van der Waals surface area contributed by atoms with Crippen LogP contribution >= 0.6 is 0 Å². The molecule has 0 fully saturated rings. The van der Waals surface area contributed by atoms with Gasteiger partial charge in [0, 0.05) is 0 Å². The van der Waals surface area contributed by atoms with E-state index in [1.54, 1.807) is 0 Å². The second kappa shape index (κ2) is 11.3. The van der Waals surface area contributed by atoms with Crippen molar-refractivity contribution in [2.45, 2.75) is 0 Å². The van der Waals surface area contributed by atoms with E-state index in [2.05, 4.69) is 0 Å². The molecule has 0 heterocycles. The first-order valence-corrected chi connectivity index (χ1v) is 7.33. The van der Waals surface area contributed by atoms with Crippen molar-refractivity contribution in [1.29, 1.82) is 0 Å². The maximum absolute atomic E-state index is 6.03. The Hall–Kier alpha value is 1.49. The summed E-state index contributed by atoms with van der Waals surface area (Å²) in [6.07, 6.45) is -8.03. The van der Waals surface area contributed by atoms with Crippen LogP contribution in [0.2, 0.25) is 0 Å². The monoisotopic (exact) mass is 253 g/mol. The lowest BCUT2D eigenvalue weighted by Crippen LogP contribution is -2.83. The molecule has 0 unspecified atom stereocenters. The van der Waals surface area contributed by atoms with E-state index in [4.69, 9.17) is 92.8 Å². The molecule has 27 radical (unpaired) electrons. The van der Waals surface area contributed by atoms with Gasteiger partial charge in [0.2, 0.25) is 0 Å². The Morgan fingerprint density at radius 1 is 0.522 bits per heavy atom. The molecule has 23 heteroatoms. The second-order valence-corrected chi connectivity index (χ2v) is 5.97. The molecule has 0 saturated carbocycles. The molecule has 0 aromatic rings. The zero-order valence-corrected chi connectivity index (χ0v) is 13.3. The van der Waals surface area contributed by atoms with E-state index in [-0.39, 0.29) is 0 Å². The summed E-state index contributed by atoms with van der Waals surface area (Å²) in [5.41, 5.74) is 0. The van der Waals surface area contributed by atoms with Gasteiger partial charge >= 0.3 is 0 Å². The summed E-state index contributed by atoms with van der Waals surface area (Å²) >= 11 is 0. The van der Waals surface area contributed by atoms with Gasteiger partial charge in [-0.2, -0.15) is 0 Å². The van der Waals surface area contributed by atoms with Crippen LogP contribution in [0.1, 0.15) is 0 Å². The molecule has 0 aromatic heterocycles. The topological polar surface area (TPSA) is 0 Å². The summed E-state index contributed by atoms with van der Waals surface area (Å²) < 4.78 is 0. The Kier molecular flexibility index (Phi) is 12.0. The van der Waals surface area contributed by atoms with Crippen LogP contribution in [0.25, 0.3) is 0 Å². The van der Waals surface area contributed by atoms with Crippen molar-refractivity contribution in [3.63, 3.8) is 0 Å². The highest BCUT2D eigenvalue weighted by Gasteiger charge is 2.44. The van der Waals surface area contributed by atoms with Crippen molar-refractivity contribution in [1.82, 2.24) is 0 Å². The standard InChI is InChI=1S/B23/c1-13-19(12)22(18(10)11)23(20(14(2)3)15(4)5)21(16(6)7)17(8)9/q-2. The summed E-state index contributed by atoms with van der Waals surface area (Å²) in [4.78, 5) is 0. The van der Waals surface area contributed by atoms with Gasteiger partial charge in [0.1, 0.15) is 0 Å². The fourth-order valence-corrected chi connectivity index (χ4v) is 3.21. The lowest BCUT2D eigenvalue weighted by Gasteiger charge is -2.49. The van der Waals surface area contributed by atoms with Crippen molar-refractivity contribution in [2.75, 3.05) is 0 Å². The average Bonchev–Trinajstić information content (AvgIpc) is 2.36. The van der Waals surface area contributed by atoms with E-state index in [1.165, 1.54) is 7.06 Å². The number of hydrogen-bond acceptors (Lipinski definition) is 0. The molecule has 0 N–H and O–H groups in total. The fourth-order valence-electron chi connectivity index (χ4n) is 3.21. The van der Waals surface area contributed by atoms with E-state index >= 15 is 0 Å². The quantitative estimate of drug-likeness (QED) is 0.337. The van der Waals surface area contributed by atoms with E-state index in [0.717, 1.165) is 0 Å². The van der Waals surface area contributed by atoms with Crippen molar-refractivity contribution in [3.8, 4) is 0 Å². The SMILES string of the molecule is [B]B([B])B(B([B])[B])B(B(B([B])[B])B([B])[B-])B(B([B])[B])B([B])[B][B-]. The van der Waals surface area contributed by atoms with Crippen LogP contribution in [0, 0.1) is 0 Å². The third-order valence-corrected chi connectivity index (χ3v) is 4.22. The summed E-state index contributed by atoms with van der Waals surface area (Å²) in [6.45, 7) is 0. The van der Waals surface area contributed by atoms with Crippen LogP contribution in [0.5, 0.6) is 0 Å². The molecule has 71 valence electrons. The molecular formula is B23-2. The molecule has 0 saturated heterocycles. The third-order valence-electron chi connectivity index (χ3n) is 4.22. The Morgan fingerprint density at radius 3 is 1.09 bits per heavy atom. The van der Waals surface area contributed by atoms with Crippen molar-refractivity contribution < 1.29 is 0 Å². The second-order valence-electron chi connectivity index (χ2n) is 5.97. The molecule has 0 aromatic carbocycles. The first kappa shape index (κ1) is 24.5. The maximum atomic E-state index is 6.03. The van der Waals surface area contributed by atoms with Gasteiger partial charge in [0.25, 0.3) is 0 Å². The van der Waals surface area contributed by atoms with Crippen LogP contribution in [0.15, 0.2) is 0 Å². The highest BCUT2D eigenvalue weighted by atomic mass is 13.3. The van der Waals surface area contributed by atoms with Crippen LogP contribution in [0.3, 0.4) is 0 Å². The van der Waals surface area contributed by atoms with Gasteiger partial charge in [-0.15, -0.1) is 0 Å². The zero-order chi connectivity index (χ0) is 18.5. The zero-order valence-electron chi connectivity index (χ0n) is 13.3. The number of hydrogen-bond donors (Lipinski definition) is 0. The molecule has 0 bridgehead atoms. The Balaban J connectivity index is 6.12. The minimum atomic E-state index is -0.925. The Morgan fingerprint density at radius 2 is 0.870 bits per heavy atom. The molecular weight excluding hydrogens is 249 g/mol. The molecule has 0 aliphatic rings. The van der Waals surface area contributed by atoms with Crippen molar-refractivity contribution >= 4 is 164 Å². The minimum absolute atomic E-state index is 0.648. The summed E-state index contributed by atoms with van der Waals surface area (Å²) in [5.74, 6) is 0. The van der Waals surface area contributed by atoms with Crippen LogP contribution in [-0.4, -0.2) is 164 Å². The van der Waals surface area contributed by atoms with Gasteiger partial charge in [-0.1, -0.05) is 0 Å². The van der Waals surface area contributed by atoms with Gasteiger partial charge in [-0.3, -0.25) is 7.06 Å². The predicted octanol–water partition coefficient (Wildman–Crippen LogP) is -8.76. The van der Waals surface area contributed by atoms with Gasteiger partial charge < -0.3 is 15.5 Å². The van der Waals surface area contributed by atoms with Crippen LogP contribution in [-0.2, 0) is 0 Å². The molecule has 0 atom stereocenters. The van der Waals surface area contributed by atoms with Crippen LogP contribution < -0.4 is 0 Å². The molecule has 23 heavy (non-hydrogen) atoms. The van der Waals surface area contributed by atoms with Gasteiger partial charge in [-0.05, 0) is 135 Å². The molecule has 0 spiro atoms. The minimum Gasteiger partial charge on any atom is -0.690 e. The molecule has 0 rings (SSSR count). The van der Waals surface area contributed by atoms with E-state index in [1.807, 2.05) is 0 Å². The van der Waals surface area contributed by atoms with E-state index in [9.17, 15) is 0 Å². The highest BCUT2D eigenvalue weighted by molar-refractivity contribution is 8.22. The summed E-state index contributed by atoms with van der Waals surface area (Å²) in [5, 5.41) is 0. The van der Waals surface area contributed by atoms with Crippen molar-refractivity contribution in [2.24, 2.45) is 0 Å². The fraction of sp³-hybridized carbons (Fsp3) is 0. The Bertz CT molecular complexity index is 261. The van der Waals surface area contributed by atoms with E-state index < -0.39 is 63.9 Å². The van der Waals surface area contributed by atoms with Crippen molar-refractivity contribution in [3.05, 3.63) is 0 Å². The Labute approximate surface area is 163 Å². The molecule has 0 aliphatic heterocycles. The average molecular weight is 249 g/mol.